The van der Waals surface area contributed by atoms with E-state index in [-0.39, 0.29) is 5.69 Å². The molecule has 0 aliphatic heterocycles. The summed E-state index contributed by atoms with van der Waals surface area (Å²) in [6.45, 7) is 0. The lowest BCUT2D eigenvalue weighted by Gasteiger charge is -2.26. The van der Waals surface area contributed by atoms with Crippen molar-refractivity contribution in [2.24, 2.45) is 0 Å². The van der Waals surface area contributed by atoms with E-state index in [0.29, 0.717) is 16.9 Å². The maximum atomic E-state index is 13.2. The third-order valence-corrected chi connectivity index (χ3v) is 4.19. The van der Waals surface area contributed by atoms with Gasteiger partial charge in [0.25, 0.3) is 0 Å². The standard InChI is InChI=1S/C13H6BrF7N2OS/c14-7-3-1-6(2-4-7)8-5-25-10(22-8)23-9(24)11(15,16)12(17,18)13(19,20)21/h1-5H,(H,22,23,24). The van der Waals surface area contributed by atoms with Gasteiger partial charge in [-0.2, -0.15) is 30.7 Å². The molecule has 2 aromatic rings. The highest BCUT2D eigenvalue weighted by Crippen LogP contribution is 2.47. The Morgan fingerprint density at radius 3 is 2.12 bits per heavy atom. The summed E-state index contributed by atoms with van der Waals surface area (Å²) in [5.41, 5.74) is 0.742. The first kappa shape index (κ1) is 19.6. The van der Waals surface area contributed by atoms with E-state index >= 15 is 0 Å². The van der Waals surface area contributed by atoms with Crippen molar-refractivity contribution in [1.29, 1.82) is 0 Å². The first-order valence-electron chi connectivity index (χ1n) is 6.21. The normalized spacial score (nSPS) is 13.0. The number of carbonyl (C=O) groups excluding carboxylic acids is 1. The minimum absolute atomic E-state index is 0.221. The number of alkyl halides is 7. The fraction of sp³-hybridized carbons (Fsp3) is 0.231. The van der Waals surface area contributed by atoms with Gasteiger partial charge in [0.15, 0.2) is 5.13 Å². The van der Waals surface area contributed by atoms with Gasteiger partial charge in [0, 0.05) is 15.4 Å². The first-order valence-corrected chi connectivity index (χ1v) is 7.89. The lowest BCUT2D eigenvalue weighted by Crippen LogP contribution is -2.57. The van der Waals surface area contributed by atoms with Crippen molar-refractivity contribution in [3.8, 4) is 11.3 Å². The monoisotopic (exact) mass is 450 g/mol. The molecule has 0 atom stereocenters. The van der Waals surface area contributed by atoms with Gasteiger partial charge in [-0.15, -0.1) is 11.3 Å². The molecule has 0 saturated heterocycles. The highest BCUT2D eigenvalue weighted by Gasteiger charge is 2.76. The Kier molecular flexibility index (Phi) is 5.15. The zero-order valence-electron chi connectivity index (χ0n) is 11.7. The number of amides is 1. The maximum Gasteiger partial charge on any atom is 0.460 e. The fourth-order valence-corrected chi connectivity index (χ4v) is 2.56. The number of hydrogen-bond donors (Lipinski definition) is 1. The number of anilines is 1. The fourth-order valence-electron chi connectivity index (χ4n) is 1.58. The summed E-state index contributed by atoms with van der Waals surface area (Å²) >= 11 is 3.79. The molecule has 136 valence electrons. The second-order valence-electron chi connectivity index (χ2n) is 4.65. The second-order valence-corrected chi connectivity index (χ2v) is 6.42. The quantitative estimate of drug-likeness (QED) is 0.638. The number of rotatable bonds is 4. The zero-order chi connectivity index (χ0) is 19.0. The molecule has 0 aliphatic rings. The molecule has 0 fully saturated rings. The average Bonchev–Trinajstić information content (AvgIpc) is 2.95. The molecule has 12 heteroatoms. The van der Waals surface area contributed by atoms with Crippen LogP contribution in [0.5, 0.6) is 0 Å². The van der Waals surface area contributed by atoms with Crippen LogP contribution in [0.1, 0.15) is 0 Å². The molecular weight excluding hydrogens is 445 g/mol. The molecule has 1 N–H and O–H groups in total. The van der Waals surface area contributed by atoms with Gasteiger partial charge in [-0.3, -0.25) is 10.1 Å². The lowest BCUT2D eigenvalue weighted by atomic mass is 10.1. The second kappa shape index (κ2) is 6.56. The lowest BCUT2D eigenvalue weighted by molar-refractivity contribution is -0.343. The van der Waals surface area contributed by atoms with Crippen LogP contribution in [0.4, 0.5) is 35.9 Å². The van der Waals surface area contributed by atoms with Crippen LogP contribution in [-0.4, -0.2) is 28.9 Å². The van der Waals surface area contributed by atoms with Crippen molar-refractivity contribution >= 4 is 38.3 Å². The third-order valence-electron chi connectivity index (χ3n) is 2.90. The molecule has 25 heavy (non-hydrogen) atoms. The van der Waals surface area contributed by atoms with Crippen molar-refractivity contribution < 1.29 is 35.5 Å². The molecule has 0 saturated carbocycles. The Hall–Kier alpha value is -1.69. The highest BCUT2D eigenvalue weighted by atomic mass is 79.9. The van der Waals surface area contributed by atoms with Gasteiger partial charge in [-0.1, -0.05) is 28.1 Å². The zero-order valence-corrected chi connectivity index (χ0v) is 14.1. The number of nitrogens with zero attached hydrogens (tertiary/aromatic N) is 1. The van der Waals surface area contributed by atoms with Crippen molar-refractivity contribution in [1.82, 2.24) is 4.98 Å². The number of benzene rings is 1. The number of halogens is 8. The Labute approximate surface area is 148 Å². The molecule has 0 spiro atoms. The number of aromatic nitrogens is 1. The van der Waals surface area contributed by atoms with Crippen molar-refractivity contribution in [3.63, 3.8) is 0 Å². The van der Waals surface area contributed by atoms with Crippen LogP contribution in [-0.2, 0) is 4.79 Å². The minimum atomic E-state index is -6.58. The number of hydrogen-bond acceptors (Lipinski definition) is 3. The SMILES string of the molecule is O=C(Nc1nc(-c2ccc(Br)cc2)cs1)C(F)(F)C(F)(F)C(F)(F)F. The summed E-state index contributed by atoms with van der Waals surface area (Å²) in [6.07, 6.45) is -6.58. The van der Waals surface area contributed by atoms with E-state index in [4.69, 9.17) is 0 Å². The van der Waals surface area contributed by atoms with Gasteiger partial charge in [0.05, 0.1) is 5.69 Å². The van der Waals surface area contributed by atoms with Crippen LogP contribution in [0.25, 0.3) is 11.3 Å². The van der Waals surface area contributed by atoms with Crippen molar-refractivity contribution in [2.45, 2.75) is 18.0 Å². The number of thiazole rings is 1. The van der Waals surface area contributed by atoms with E-state index in [1.807, 2.05) is 0 Å². The van der Waals surface area contributed by atoms with E-state index in [1.165, 1.54) is 10.7 Å². The molecule has 0 radical (unpaired) electrons. The van der Waals surface area contributed by atoms with Crippen molar-refractivity contribution in [2.75, 3.05) is 5.32 Å². The number of nitrogens with one attached hydrogen (secondary N) is 1. The van der Waals surface area contributed by atoms with E-state index in [1.54, 1.807) is 24.3 Å². The predicted octanol–water partition coefficient (Wildman–Crippen LogP) is 5.34. The third kappa shape index (κ3) is 3.78. The van der Waals surface area contributed by atoms with Crippen molar-refractivity contribution in [3.05, 3.63) is 34.1 Å². The average molecular weight is 451 g/mol. The van der Waals surface area contributed by atoms with Crippen LogP contribution >= 0.6 is 27.3 Å². The predicted molar refractivity (Wildman–Crippen MR) is 79.8 cm³/mol. The Morgan fingerprint density at radius 1 is 1.04 bits per heavy atom. The molecule has 1 heterocycles. The summed E-state index contributed by atoms with van der Waals surface area (Å²) < 4.78 is 89.0. The topological polar surface area (TPSA) is 42.0 Å². The van der Waals surface area contributed by atoms with Crippen LogP contribution < -0.4 is 5.32 Å². The Balaban J connectivity index is 2.20. The summed E-state index contributed by atoms with van der Waals surface area (Å²) in [4.78, 5) is 15.0. The smallest absolute Gasteiger partial charge is 0.296 e. The summed E-state index contributed by atoms with van der Waals surface area (Å²) in [7, 11) is 0. The van der Waals surface area contributed by atoms with E-state index in [2.05, 4.69) is 20.9 Å². The van der Waals surface area contributed by atoms with Gasteiger partial charge >= 0.3 is 23.9 Å². The van der Waals surface area contributed by atoms with E-state index in [0.717, 1.165) is 4.47 Å². The summed E-state index contributed by atoms with van der Waals surface area (Å²) in [6, 6.07) is 6.48. The molecular formula is C13H6BrF7N2OS. The molecule has 1 amide bonds. The highest BCUT2D eigenvalue weighted by molar-refractivity contribution is 9.10. The maximum absolute atomic E-state index is 13.2. The number of carbonyl (C=O) groups is 1. The van der Waals surface area contributed by atoms with Crippen LogP contribution in [0.2, 0.25) is 0 Å². The van der Waals surface area contributed by atoms with Gasteiger partial charge < -0.3 is 0 Å². The van der Waals surface area contributed by atoms with Gasteiger partial charge in [-0.05, 0) is 12.1 Å². The molecule has 0 aliphatic carbocycles. The first-order chi connectivity index (χ1) is 11.4. The Bertz CT molecular complexity index is 773. The summed E-state index contributed by atoms with van der Waals surface area (Å²) in [5, 5.41) is 2.07. The van der Waals surface area contributed by atoms with Crippen LogP contribution in [0.15, 0.2) is 34.1 Å². The van der Waals surface area contributed by atoms with Gasteiger partial charge in [0.2, 0.25) is 0 Å². The van der Waals surface area contributed by atoms with Gasteiger partial charge in [0.1, 0.15) is 0 Å². The molecule has 2 rings (SSSR count). The molecule has 1 aromatic carbocycles. The van der Waals surface area contributed by atoms with Crippen LogP contribution in [0, 0.1) is 0 Å². The Morgan fingerprint density at radius 2 is 1.60 bits per heavy atom. The van der Waals surface area contributed by atoms with Crippen LogP contribution in [0.3, 0.4) is 0 Å². The van der Waals surface area contributed by atoms with Gasteiger partial charge in [-0.25, -0.2) is 4.98 Å². The largest absolute Gasteiger partial charge is 0.460 e. The summed E-state index contributed by atoms with van der Waals surface area (Å²) in [5.74, 6) is -15.3. The molecule has 3 nitrogen and oxygen atoms in total. The minimum Gasteiger partial charge on any atom is -0.296 e. The molecule has 1 aromatic heterocycles. The molecule has 0 unspecified atom stereocenters. The molecule has 0 bridgehead atoms. The van der Waals surface area contributed by atoms with E-state index in [9.17, 15) is 35.5 Å². The van der Waals surface area contributed by atoms with E-state index < -0.39 is 29.1 Å².